The number of aromatic nitrogens is 1. The second-order valence-electron chi connectivity index (χ2n) is 9.01. The number of hydrogen-bond donors (Lipinski definition) is 3. The topological polar surface area (TPSA) is 126 Å². The number of carboxylic acids is 2. The molecule has 0 spiro atoms. The molecule has 0 unspecified atom stereocenters. The van der Waals surface area contributed by atoms with Gasteiger partial charge in [0, 0.05) is 38.4 Å². The highest BCUT2D eigenvalue weighted by molar-refractivity contribution is 6.27. The summed E-state index contributed by atoms with van der Waals surface area (Å²) in [6.07, 6.45) is 2.86. The lowest BCUT2D eigenvalue weighted by atomic mass is 10.1. The number of amides is 2. The van der Waals surface area contributed by atoms with Gasteiger partial charge in [0.2, 0.25) is 0 Å². The number of urea groups is 1. The van der Waals surface area contributed by atoms with Crippen molar-refractivity contribution >= 4 is 29.3 Å². The third kappa shape index (κ3) is 7.16. The van der Waals surface area contributed by atoms with E-state index in [2.05, 4.69) is 47.2 Å². The highest BCUT2D eigenvalue weighted by Gasteiger charge is 2.33. The summed E-state index contributed by atoms with van der Waals surface area (Å²) in [5.41, 5.74) is 3.14. The molecule has 1 saturated heterocycles. The van der Waals surface area contributed by atoms with Crippen LogP contribution in [0.1, 0.15) is 26.0 Å². The van der Waals surface area contributed by atoms with E-state index in [1.807, 2.05) is 40.3 Å². The van der Waals surface area contributed by atoms with Crippen molar-refractivity contribution in [2.24, 2.45) is 5.92 Å². The lowest BCUT2D eigenvalue weighted by Crippen LogP contribution is -2.49. The molecule has 1 fully saturated rings. The van der Waals surface area contributed by atoms with Gasteiger partial charge >= 0.3 is 18.0 Å². The van der Waals surface area contributed by atoms with Crippen molar-refractivity contribution in [2.75, 3.05) is 42.5 Å². The Balaban J connectivity index is 0.000000509. The van der Waals surface area contributed by atoms with Crippen molar-refractivity contribution in [1.82, 2.24) is 15.2 Å². The average Bonchev–Trinajstić information content (AvgIpc) is 3.33. The van der Waals surface area contributed by atoms with Crippen LogP contribution in [0.2, 0.25) is 0 Å². The number of para-hydroxylation sites is 2. The number of carboxylic acid groups (broad SMARTS) is 2. The number of pyridine rings is 1. The first-order chi connectivity index (χ1) is 16.8. The zero-order valence-electron chi connectivity index (χ0n) is 20.1. The Morgan fingerprint density at radius 1 is 1.00 bits per heavy atom. The van der Waals surface area contributed by atoms with Crippen LogP contribution >= 0.6 is 0 Å². The molecule has 10 nitrogen and oxygen atoms in total. The second kappa shape index (κ2) is 12.2. The molecule has 188 valence electrons. The molecular formula is C25H33N5O5. The Labute approximate surface area is 205 Å². The van der Waals surface area contributed by atoms with E-state index in [1.54, 1.807) is 0 Å². The number of carbonyl (C=O) groups is 3. The van der Waals surface area contributed by atoms with E-state index in [-0.39, 0.29) is 6.03 Å². The fourth-order valence-corrected chi connectivity index (χ4v) is 4.15. The molecule has 0 aliphatic carbocycles. The van der Waals surface area contributed by atoms with Crippen LogP contribution in [0.25, 0.3) is 0 Å². The highest BCUT2D eigenvalue weighted by Crippen LogP contribution is 2.34. The molecule has 4 rings (SSSR count). The van der Waals surface area contributed by atoms with E-state index in [4.69, 9.17) is 19.8 Å². The molecule has 2 aliphatic rings. The monoisotopic (exact) mass is 483 g/mol. The molecule has 1 atom stereocenters. The number of benzene rings is 1. The third-order valence-electron chi connectivity index (χ3n) is 5.87. The minimum Gasteiger partial charge on any atom is -0.473 e. The van der Waals surface area contributed by atoms with Crippen LogP contribution in [0.3, 0.4) is 0 Å². The zero-order valence-corrected chi connectivity index (χ0v) is 20.1. The molecule has 3 N–H and O–H groups in total. The standard InChI is InChI=1S/C23H31N5O.C2H2O4/c1-18(2)15-25-20-10-12-27(17-20)23(29)28-14-13-26(16-19-7-5-6-11-24-19)21-8-3-4-9-22(21)28;3-1(4)2(5)6/h3-9,11,18,20,25H,10,12-17H2,1-2H3;(H,3,4)(H,5,6)/t20-;/m0./s1. The first-order valence-corrected chi connectivity index (χ1v) is 11.8. The fraction of sp³-hybridized carbons (Fsp3) is 0.440. The molecule has 2 amide bonds. The highest BCUT2D eigenvalue weighted by atomic mass is 16.4. The van der Waals surface area contributed by atoms with Crippen molar-refractivity contribution in [3.8, 4) is 0 Å². The minimum absolute atomic E-state index is 0.129. The van der Waals surface area contributed by atoms with Gasteiger partial charge in [0.05, 0.1) is 23.6 Å². The van der Waals surface area contributed by atoms with E-state index in [0.717, 1.165) is 56.2 Å². The Kier molecular flexibility index (Phi) is 9.02. The summed E-state index contributed by atoms with van der Waals surface area (Å²) in [7, 11) is 0. The Hall–Kier alpha value is -3.66. The summed E-state index contributed by atoms with van der Waals surface area (Å²) in [6, 6.07) is 14.8. The lowest BCUT2D eigenvalue weighted by Gasteiger charge is -2.39. The first kappa shape index (κ1) is 26.0. The van der Waals surface area contributed by atoms with Crippen LogP contribution in [0.15, 0.2) is 48.7 Å². The van der Waals surface area contributed by atoms with Crippen molar-refractivity contribution in [1.29, 1.82) is 0 Å². The van der Waals surface area contributed by atoms with Crippen LogP contribution in [0.5, 0.6) is 0 Å². The Morgan fingerprint density at radius 2 is 1.69 bits per heavy atom. The molecule has 2 aliphatic heterocycles. The molecule has 1 aromatic carbocycles. The number of fused-ring (bicyclic) bond motifs is 1. The maximum atomic E-state index is 13.3. The van der Waals surface area contributed by atoms with E-state index in [1.165, 1.54) is 0 Å². The van der Waals surface area contributed by atoms with Crippen LogP contribution in [0, 0.1) is 5.92 Å². The number of carbonyl (C=O) groups excluding carboxylic acids is 1. The SMILES string of the molecule is CC(C)CN[C@H]1CCN(C(=O)N2CCN(Cc3ccccn3)c3ccccc32)C1.O=C(O)C(=O)O. The summed E-state index contributed by atoms with van der Waals surface area (Å²) < 4.78 is 0. The molecule has 0 bridgehead atoms. The molecule has 35 heavy (non-hydrogen) atoms. The zero-order chi connectivity index (χ0) is 25.4. The van der Waals surface area contributed by atoms with E-state index >= 15 is 0 Å². The Bertz CT molecular complexity index is 1000. The van der Waals surface area contributed by atoms with E-state index in [9.17, 15) is 4.79 Å². The van der Waals surface area contributed by atoms with Gasteiger partial charge in [0.25, 0.3) is 0 Å². The number of anilines is 2. The Morgan fingerprint density at radius 3 is 2.31 bits per heavy atom. The van der Waals surface area contributed by atoms with Crippen molar-refractivity contribution in [3.05, 3.63) is 54.4 Å². The predicted octanol–water partition coefficient (Wildman–Crippen LogP) is 2.50. The number of likely N-dealkylation sites (tertiary alicyclic amines) is 1. The van der Waals surface area contributed by atoms with Gasteiger partial charge in [0.1, 0.15) is 0 Å². The van der Waals surface area contributed by atoms with Crippen LogP contribution in [-0.4, -0.2) is 76.8 Å². The van der Waals surface area contributed by atoms with E-state index < -0.39 is 11.9 Å². The van der Waals surface area contributed by atoms with Gasteiger partial charge in [-0.2, -0.15) is 0 Å². The molecule has 1 aromatic heterocycles. The van der Waals surface area contributed by atoms with Crippen molar-refractivity contribution in [3.63, 3.8) is 0 Å². The molecule has 0 saturated carbocycles. The minimum atomic E-state index is -1.82. The molecule has 10 heteroatoms. The molecule has 3 heterocycles. The van der Waals surface area contributed by atoms with Crippen LogP contribution in [0.4, 0.5) is 16.2 Å². The van der Waals surface area contributed by atoms with Crippen LogP contribution < -0.4 is 15.1 Å². The maximum Gasteiger partial charge on any atom is 0.414 e. The average molecular weight is 484 g/mol. The van der Waals surface area contributed by atoms with E-state index in [0.29, 0.717) is 18.5 Å². The number of rotatable bonds is 5. The lowest BCUT2D eigenvalue weighted by molar-refractivity contribution is -0.159. The third-order valence-corrected chi connectivity index (χ3v) is 5.87. The summed E-state index contributed by atoms with van der Waals surface area (Å²) >= 11 is 0. The molecular weight excluding hydrogens is 450 g/mol. The normalized spacial score (nSPS) is 17.0. The predicted molar refractivity (Wildman–Crippen MR) is 133 cm³/mol. The summed E-state index contributed by atoms with van der Waals surface area (Å²) in [5, 5.41) is 18.4. The maximum absolute atomic E-state index is 13.3. The molecule has 2 aromatic rings. The number of hydrogen-bond acceptors (Lipinski definition) is 6. The number of nitrogens with one attached hydrogen (secondary N) is 1. The van der Waals surface area contributed by atoms with Gasteiger partial charge < -0.3 is 25.3 Å². The summed E-state index contributed by atoms with van der Waals surface area (Å²) in [5.74, 6) is -3.02. The van der Waals surface area contributed by atoms with Gasteiger partial charge in [0.15, 0.2) is 0 Å². The second-order valence-corrected chi connectivity index (χ2v) is 9.01. The van der Waals surface area contributed by atoms with Gasteiger partial charge in [-0.3, -0.25) is 9.88 Å². The molecule has 0 radical (unpaired) electrons. The summed E-state index contributed by atoms with van der Waals surface area (Å²) in [6.45, 7) is 9.31. The van der Waals surface area contributed by atoms with Gasteiger partial charge in [-0.15, -0.1) is 0 Å². The van der Waals surface area contributed by atoms with Gasteiger partial charge in [-0.25, -0.2) is 14.4 Å². The number of nitrogens with zero attached hydrogens (tertiary/aromatic N) is 4. The first-order valence-electron chi connectivity index (χ1n) is 11.8. The largest absolute Gasteiger partial charge is 0.473 e. The van der Waals surface area contributed by atoms with Crippen molar-refractivity contribution in [2.45, 2.75) is 32.9 Å². The van der Waals surface area contributed by atoms with Gasteiger partial charge in [-0.1, -0.05) is 32.0 Å². The van der Waals surface area contributed by atoms with Crippen LogP contribution in [-0.2, 0) is 16.1 Å². The quantitative estimate of drug-likeness (QED) is 0.554. The fourth-order valence-electron chi connectivity index (χ4n) is 4.15. The smallest absolute Gasteiger partial charge is 0.414 e. The van der Waals surface area contributed by atoms with Gasteiger partial charge in [-0.05, 0) is 43.1 Å². The summed E-state index contributed by atoms with van der Waals surface area (Å²) in [4.78, 5) is 42.2. The number of aliphatic carboxylic acids is 2. The van der Waals surface area contributed by atoms with Crippen molar-refractivity contribution < 1.29 is 24.6 Å².